The Morgan fingerprint density at radius 3 is 2.56 bits per heavy atom. The topological polar surface area (TPSA) is 114 Å². The van der Waals surface area contributed by atoms with Crippen molar-refractivity contribution in [1.29, 1.82) is 0 Å². The third-order valence-corrected chi connectivity index (χ3v) is 2.57. The average molecular weight is 284 g/mol. The van der Waals surface area contributed by atoms with E-state index in [1.807, 2.05) is 0 Å². The van der Waals surface area contributed by atoms with E-state index in [0.717, 1.165) is 0 Å². The van der Waals surface area contributed by atoms with Crippen molar-refractivity contribution in [3.63, 3.8) is 0 Å². The molecule has 0 spiro atoms. The third kappa shape index (κ3) is 10.3. The molecule has 0 atom stereocenters. The molecule has 0 bridgehead atoms. The molecule has 0 aromatic heterocycles. The van der Waals surface area contributed by atoms with E-state index in [1.54, 1.807) is 18.6 Å². The summed E-state index contributed by atoms with van der Waals surface area (Å²) in [4.78, 5) is 11.0. The number of rotatable bonds is 9. The minimum Gasteiger partial charge on any atom is -0.446 e. The van der Waals surface area contributed by atoms with Crippen LogP contribution < -0.4 is 9.44 Å². The number of hydrogen-bond acceptors (Lipinski definition) is 6. The molecule has 108 valence electrons. The highest BCUT2D eigenvalue weighted by Gasteiger charge is 2.15. The van der Waals surface area contributed by atoms with Gasteiger partial charge in [0.05, 0.1) is 19.3 Å². The normalized spacial score (nSPS) is 11.6. The lowest BCUT2D eigenvalue weighted by molar-refractivity contribution is 0.0913. The minimum atomic E-state index is -3.90. The van der Waals surface area contributed by atoms with Crippen LogP contribution in [0.25, 0.3) is 0 Å². The van der Waals surface area contributed by atoms with Crippen molar-refractivity contribution < 1.29 is 27.8 Å². The van der Waals surface area contributed by atoms with Gasteiger partial charge in [-0.2, -0.15) is 13.1 Å². The second kappa shape index (κ2) is 9.09. The highest BCUT2D eigenvalue weighted by atomic mass is 32.2. The van der Waals surface area contributed by atoms with Crippen LogP contribution >= 0.6 is 0 Å². The minimum absolute atomic E-state index is 0.0751. The molecule has 0 rings (SSSR count). The number of carbonyl (C=O) groups is 1. The Kier molecular flexibility index (Phi) is 8.63. The van der Waals surface area contributed by atoms with Crippen LogP contribution in [0.15, 0.2) is 0 Å². The van der Waals surface area contributed by atoms with Gasteiger partial charge in [0.1, 0.15) is 0 Å². The summed E-state index contributed by atoms with van der Waals surface area (Å²) >= 11 is 0. The van der Waals surface area contributed by atoms with Gasteiger partial charge in [0.25, 0.3) is 0 Å². The number of hydrogen-bond donors (Lipinski definition) is 3. The third-order valence-electron chi connectivity index (χ3n) is 1.55. The standard InChI is InChI=1S/C9H20N2O6S/c1-8(2)17-9(13)11-18(14,15)10-4-3-6-16-7-5-12/h8,10,12H,3-7H2,1-2H3,(H,11,13). The lowest BCUT2D eigenvalue weighted by atomic mass is 10.5. The highest BCUT2D eigenvalue weighted by molar-refractivity contribution is 7.88. The van der Waals surface area contributed by atoms with Crippen LogP contribution in [0.5, 0.6) is 0 Å². The summed E-state index contributed by atoms with van der Waals surface area (Å²) in [6, 6.07) is 0. The number of nitrogens with one attached hydrogen (secondary N) is 2. The van der Waals surface area contributed by atoms with Gasteiger partial charge < -0.3 is 14.6 Å². The van der Waals surface area contributed by atoms with Crippen LogP contribution in [0.4, 0.5) is 4.79 Å². The Bertz CT molecular complexity index is 330. The first-order valence-corrected chi connectivity index (χ1v) is 7.02. The summed E-state index contributed by atoms with van der Waals surface area (Å²) in [5, 5.41) is 8.43. The molecule has 0 heterocycles. The molecule has 0 aliphatic carbocycles. The number of aliphatic hydroxyl groups excluding tert-OH is 1. The maximum atomic E-state index is 11.3. The molecule has 0 aliphatic heterocycles. The molecule has 0 aromatic rings. The molecule has 0 aliphatic rings. The van der Waals surface area contributed by atoms with E-state index in [1.165, 1.54) is 0 Å². The van der Waals surface area contributed by atoms with Crippen LogP contribution in [0.2, 0.25) is 0 Å². The molecule has 0 fully saturated rings. The molecular formula is C9H20N2O6S. The SMILES string of the molecule is CC(C)OC(=O)NS(=O)(=O)NCCCOCCO. The summed E-state index contributed by atoms with van der Waals surface area (Å²) in [5.41, 5.74) is 0. The van der Waals surface area contributed by atoms with Crippen LogP contribution in [-0.4, -0.2) is 52.1 Å². The molecule has 9 heteroatoms. The first-order valence-electron chi connectivity index (χ1n) is 5.54. The number of amides is 1. The molecule has 1 amide bonds. The van der Waals surface area contributed by atoms with Gasteiger partial charge in [0, 0.05) is 13.2 Å². The Labute approximate surface area is 107 Å². The summed E-state index contributed by atoms with van der Waals surface area (Å²) in [6.07, 6.45) is -0.985. The van der Waals surface area contributed by atoms with Crippen molar-refractivity contribution >= 4 is 16.3 Å². The summed E-state index contributed by atoms with van der Waals surface area (Å²) < 4.78 is 36.0. The Morgan fingerprint density at radius 2 is 2.00 bits per heavy atom. The fraction of sp³-hybridized carbons (Fsp3) is 0.889. The smallest absolute Gasteiger partial charge is 0.422 e. The monoisotopic (exact) mass is 284 g/mol. The molecule has 0 radical (unpaired) electrons. The zero-order valence-electron chi connectivity index (χ0n) is 10.5. The number of aliphatic hydroxyl groups is 1. The van der Waals surface area contributed by atoms with Crippen molar-refractivity contribution in [1.82, 2.24) is 9.44 Å². The summed E-state index contributed by atoms with van der Waals surface area (Å²) in [6.45, 7) is 3.80. The van der Waals surface area contributed by atoms with Gasteiger partial charge in [-0.15, -0.1) is 0 Å². The van der Waals surface area contributed by atoms with Crippen molar-refractivity contribution in [3.05, 3.63) is 0 Å². The summed E-state index contributed by atoms with van der Waals surface area (Å²) in [7, 11) is -3.90. The fourth-order valence-electron chi connectivity index (χ4n) is 0.931. The molecule has 18 heavy (non-hydrogen) atoms. The van der Waals surface area contributed by atoms with E-state index in [9.17, 15) is 13.2 Å². The van der Waals surface area contributed by atoms with Crippen LogP contribution in [-0.2, 0) is 19.7 Å². The Balaban J connectivity index is 3.77. The van der Waals surface area contributed by atoms with Crippen molar-refractivity contribution in [2.45, 2.75) is 26.4 Å². The van der Waals surface area contributed by atoms with Crippen molar-refractivity contribution in [3.8, 4) is 0 Å². The van der Waals surface area contributed by atoms with E-state index in [2.05, 4.69) is 9.46 Å². The van der Waals surface area contributed by atoms with Gasteiger partial charge in [0.2, 0.25) is 0 Å². The molecule has 8 nitrogen and oxygen atoms in total. The van der Waals surface area contributed by atoms with E-state index in [-0.39, 0.29) is 19.8 Å². The van der Waals surface area contributed by atoms with Crippen LogP contribution in [0, 0.1) is 0 Å². The van der Waals surface area contributed by atoms with Crippen LogP contribution in [0.3, 0.4) is 0 Å². The predicted molar refractivity (Wildman–Crippen MR) is 64.2 cm³/mol. The van der Waals surface area contributed by atoms with E-state index < -0.39 is 22.4 Å². The predicted octanol–water partition coefficient (Wildman–Crippen LogP) is -0.646. The van der Waals surface area contributed by atoms with Crippen molar-refractivity contribution in [2.75, 3.05) is 26.4 Å². The Morgan fingerprint density at radius 1 is 1.33 bits per heavy atom. The van der Waals surface area contributed by atoms with Gasteiger partial charge in [-0.3, -0.25) is 0 Å². The number of carbonyl (C=O) groups excluding carboxylic acids is 1. The first-order chi connectivity index (χ1) is 8.37. The largest absolute Gasteiger partial charge is 0.446 e. The van der Waals surface area contributed by atoms with E-state index >= 15 is 0 Å². The highest BCUT2D eigenvalue weighted by Crippen LogP contribution is 1.90. The van der Waals surface area contributed by atoms with E-state index in [0.29, 0.717) is 13.0 Å². The second-order valence-electron chi connectivity index (χ2n) is 3.64. The van der Waals surface area contributed by atoms with Crippen LogP contribution in [0.1, 0.15) is 20.3 Å². The molecular weight excluding hydrogens is 264 g/mol. The van der Waals surface area contributed by atoms with Gasteiger partial charge in [0.15, 0.2) is 0 Å². The lowest BCUT2D eigenvalue weighted by Gasteiger charge is -2.10. The molecule has 0 aromatic carbocycles. The molecule has 0 saturated carbocycles. The zero-order chi connectivity index (χ0) is 14.0. The maximum absolute atomic E-state index is 11.3. The molecule has 0 unspecified atom stereocenters. The molecule has 0 saturated heterocycles. The zero-order valence-corrected chi connectivity index (χ0v) is 11.3. The average Bonchev–Trinajstić information content (AvgIpc) is 2.20. The number of ether oxygens (including phenoxy) is 2. The quantitative estimate of drug-likeness (QED) is 0.485. The molecule has 3 N–H and O–H groups in total. The van der Waals surface area contributed by atoms with Gasteiger partial charge in [-0.05, 0) is 20.3 Å². The lowest BCUT2D eigenvalue weighted by Crippen LogP contribution is -2.41. The fourth-order valence-corrected chi connectivity index (χ4v) is 1.68. The maximum Gasteiger partial charge on any atom is 0.422 e. The van der Waals surface area contributed by atoms with E-state index in [4.69, 9.17) is 9.84 Å². The second-order valence-corrected chi connectivity index (χ2v) is 5.14. The summed E-state index contributed by atoms with van der Waals surface area (Å²) in [5.74, 6) is 0. The van der Waals surface area contributed by atoms with Gasteiger partial charge in [-0.25, -0.2) is 9.52 Å². The van der Waals surface area contributed by atoms with Crippen molar-refractivity contribution in [2.24, 2.45) is 0 Å². The van der Waals surface area contributed by atoms with Gasteiger partial charge >= 0.3 is 16.3 Å². The van der Waals surface area contributed by atoms with Gasteiger partial charge in [-0.1, -0.05) is 0 Å². The first kappa shape index (κ1) is 17.1. The Hall–Kier alpha value is -0.900.